The molecule has 2 nitrogen and oxygen atoms in total. The van der Waals surface area contributed by atoms with E-state index in [9.17, 15) is 0 Å². The van der Waals surface area contributed by atoms with Gasteiger partial charge in [0.1, 0.15) is 0 Å². The fourth-order valence-electron chi connectivity index (χ4n) is 2.21. The van der Waals surface area contributed by atoms with Crippen molar-refractivity contribution < 1.29 is 4.74 Å². The van der Waals surface area contributed by atoms with Gasteiger partial charge >= 0.3 is 0 Å². The Kier molecular flexibility index (Phi) is 3.61. The summed E-state index contributed by atoms with van der Waals surface area (Å²) >= 11 is 0. The molecule has 0 bridgehead atoms. The van der Waals surface area contributed by atoms with Crippen LogP contribution >= 0.6 is 0 Å². The lowest BCUT2D eigenvalue weighted by atomic mass is 10.1. The lowest BCUT2D eigenvalue weighted by molar-refractivity contribution is 0.124. The zero-order valence-corrected chi connectivity index (χ0v) is 10.8. The molecule has 0 radical (unpaired) electrons. The summed E-state index contributed by atoms with van der Waals surface area (Å²) in [5, 5.41) is 1.26. The molecule has 19 heavy (non-hydrogen) atoms. The quantitative estimate of drug-likeness (QED) is 0.683. The SMILES string of the molecule is c1ccc(COCCc2ccc3[nH]ccc3c2)cc1. The Hall–Kier alpha value is -2.06. The molecule has 2 aromatic carbocycles. The van der Waals surface area contributed by atoms with E-state index >= 15 is 0 Å². The van der Waals surface area contributed by atoms with Crippen LogP contribution in [0.1, 0.15) is 11.1 Å². The fourth-order valence-corrected chi connectivity index (χ4v) is 2.21. The molecule has 1 aromatic heterocycles. The van der Waals surface area contributed by atoms with Gasteiger partial charge in [-0.3, -0.25) is 0 Å². The second-order valence-electron chi connectivity index (χ2n) is 4.69. The van der Waals surface area contributed by atoms with Gasteiger partial charge in [-0.2, -0.15) is 0 Å². The zero-order chi connectivity index (χ0) is 12.9. The highest BCUT2D eigenvalue weighted by Crippen LogP contribution is 2.14. The van der Waals surface area contributed by atoms with Crippen LogP contribution in [-0.2, 0) is 17.8 Å². The monoisotopic (exact) mass is 251 g/mol. The van der Waals surface area contributed by atoms with Crippen LogP contribution in [0.25, 0.3) is 10.9 Å². The third kappa shape index (κ3) is 3.04. The number of rotatable bonds is 5. The predicted molar refractivity (Wildman–Crippen MR) is 78.1 cm³/mol. The van der Waals surface area contributed by atoms with E-state index in [4.69, 9.17) is 4.74 Å². The van der Waals surface area contributed by atoms with E-state index in [1.807, 2.05) is 24.4 Å². The first kappa shape index (κ1) is 12.0. The maximum atomic E-state index is 5.71. The maximum absolute atomic E-state index is 5.71. The van der Waals surface area contributed by atoms with E-state index < -0.39 is 0 Å². The van der Waals surface area contributed by atoms with Crippen LogP contribution < -0.4 is 0 Å². The number of aromatic nitrogens is 1. The summed E-state index contributed by atoms with van der Waals surface area (Å²) in [6.45, 7) is 1.44. The molecule has 0 aliphatic rings. The Labute approximate surface area is 113 Å². The first-order valence-electron chi connectivity index (χ1n) is 6.59. The number of ether oxygens (including phenoxy) is 1. The average molecular weight is 251 g/mol. The topological polar surface area (TPSA) is 25.0 Å². The maximum Gasteiger partial charge on any atom is 0.0717 e. The van der Waals surface area contributed by atoms with Gasteiger partial charge in [-0.05, 0) is 41.1 Å². The summed E-state index contributed by atoms with van der Waals surface area (Å²) < 4.78 is 5.71. The molecule has 0 unspecified atom stereocenters. The van der Waals surface area contributed by atoms with Crippen molar-refractivity contribution in [3.05, 3.63) is 71.9 Å². The summed E-state index contributed by atoms with van der Waals surface area (Å²) in [5.41, 5.74) is 3.73. The molecule has 2 heteroatoms. The molecule has 96 valence electrons. The zero-order valence-electron chi connectivity index (χ0n) is 10.8. The van der Waals surface area contributed by atoms with Crippen LogP contribution in [0.3, 0.4) is 0 Å². The van der Waals surface area contributed by atoms with Gasteiger partial charge in [0.2, 0.25) is 0 Å². The second kappa shape index (κ2) is 5.72. The molecular formula is C17H17NO. The van der Waals surface area contributed by atoms with E-state index in [1.165, 1.54) is 22.0 Å². The molecular weight excluding hydrogens is 234 g/mol. The highest BCUT2D eigenvalue weighted by atomic mass is 16.5. The lowest BCUT2D eigenvalue weighted by Crippen LogP contribution is -1.98. The van der Waals surface area contributed by atoms with Crippen LogP contribution in [0, 0.1) is 0 Å². The van der Waals surface area contributed by atoms with Gasteiger partial charge in [-0.15, -0.1) is 0 Å². The first-order chi connectivity index (χ1) is 9.42. The van der Waals surface area contributed by atoms with Gasteiger partial charge in [-0.1, -0.05) is 36.4 Å². The van der Waals surface area contributed by atoms with Crippen LogP contribution in [0.15, 0.2) is 60.8 Å². The van der Waals surface area contributed by atoms with Crippen LogP contribution in [0.2, 0.25) is 0 Å². The minimum Gasteiger partial charge on any atom is -0.376 e. The molecule has 0 aliphatic carbocycles. The van der Waals surface area contributed by atoms with Crippen molar-refractivity contribution in [2.75, 3.05) is 6.61 Å². The van der Waals surface area contributed by atoms with Gasteiger partial charge in [0.15, 0.2) is 0 Å². The smallest absolute Gasteiger partial charge is 0.0717 e. The van der Waals surface area contributed by atoms with Gasteiger partial charge in [0.25, 0.3) is 0 Å². The highest BCUT2D eigenvalue weighted by molar-refractivity contribution is 5.79. The molecule has 0 spiro atoms. The Morgan fingerprint density at radius 2 is 1.79 bits per heavy atom. The average Bonchev–Trinajstić information content (AvgIpc) is 2.92. The van der Waals surface area contributed by atoms with E-state index in [0.29, 0.717) is 6.61 Å². The Balaban J connectivity index is 1.52. The number of H-pyrrole nitrogens is 1. The van der Waals surface area contributed by atoms with Crippen molar-refractivity contribution >= 4 is 10.9 Å². The standard InChI is InChI=1S/C17H17NO/c1-2-4-15(5-3-1)13-19-11-9-14-6-7-17-16(12-14)8-10-18-17/h1-8,10,12,18H,9,11,13H2. The van der Waals surface area contributed by atoms with Gasteiger partial charge in [0.05, 0.1) is 13.2 Å². The summed E-state index contributed by atoms with van der Waals surface area (Å²) in [6.07, 6.45) is 2.92. The number of nitrogens with one attached hydrogen (secondary N) is 1. The molecule has 1 N–H and O–H groups in total. The third-order valence-corrected chi connectivity index (χ3v) is 3.26. The van der Waals surface area contributed by atoms with Crippen LogP contribution in [0.4, 0.5) is 0 Å². The number of hydrogen-bond acceptors (Lipinski definition) is 1. The predicted octanol–water partition coefficient (Wildman–Crippen LogP) is 3.93. The van der Waals surface area contributed by atoms with Gasteiger partial charge in [-0.25, -0.2) is 0 Å². The molecule has 0 fully saturated rings. The number of aromatic amines is 1. The van der Waals surface area contributed by atoms with E-state index in [2.05, 4.69) is 41.4 Å². The summed E-state index contributed by atoms with van der Waals surface area (Å²) in [6, 6.07) is 18.9. The lowest BCUT2D eigenvalue weighted by Gasteiger charge is -2.05. The largest absolute Gasteiger partial charge is 0.376 e. The Morgan fingerprint density at radius 3 is 2.68 bits per heavy atom. The van der Waals surface area contributed by atoms with Crippen molar-refractivity contribution in [2.24, 2.45) is 0 Å². The van der Waals surface area contributed by atoms with E-state index in [-0.39, 0.29) is 0 Å². The summed E-state index contributed by atoms with van der Waals surface area (Å²) in [7, 11) is 0. The summed E-state index contributed by atoms with van der Waals surface area (Å²) in [4.78, 5) is 3.20. The molecule has 3 rings (SSSR count). The van der Waals surface area contributed by atoms with Crippen molar-refractivity contribution in [3.8, 4) is 0 Å². The molecule has 0 saturated carbocycles. The Morgan fingerprint density at radius 1 is 0.895 bits per heavy atom. The van der Waals surface area contributed by atoms with E-state index in [1.54, 1.807) is 0 Å². The highest BCUT2D eigenvalue weighted by Gasteiger charge is 1.98. The minimum absolute atomic E-state index is 0.688. The van der Waals surface area contributed by atoms with E-state index in [0.717, 1.165) is 13.0 Å². The number of fused-ring (bicyclic) bond motifs is 1. The molecule has 0 aliphatic heterocycles. The van der Waals surface area contributed by atoms with Crippen LogP contribution in [0.5, 0.6) is 0 Å². The fraction of sp³-hybridized carbons (Fsp3) is 0.176. The number of hydrogen-bond donors (Lipinski definition) is 1. The van der Waals surface area contributed by atoms with Crippen molar-refractivity contribution in [1.29, 1.82) is 0 Å². The molecule has 0 atom stereocenters. The normalized spacial score (nSPS) is 10.9. The second-order valence-corrected chi connectivity index (χ2v) is 4.69. The van der Waals surface area contributed by atoms with Gasteiger partial charge in [0, 0.05) is 11.7 Å². The molecule has 1 heterocycles. The first-order valence-corrected chi connectivity index (χ1v) is 6.59. The third-order valence-electron chi connectivity index (χ3n) is 3.26. The van der Waals surface area contributed by atoms with Crippen molar-refractivity contribution in [3.63, 3.8) is 0 Å². The van der Waals surface area contributed by atoms with Crippen LogP contribution in [-0.4, -0.2) is 11.6 Å². The molecule has 3 aromatic rings. The Bertz CT molecular complexity index is 642. The molecule has 0 amide bonds. The molecule has 0 saturated heterocycles. The summed E-state index contributed by atoms with van der Waals surface area (Å²) in [5.74, 6) is 0. The minimum atomic E-state index is 0.688. The van der Waals surface area contributed by atoms with Crippen molar-refractivity contribution in [1.82, 2.24) is 4.98 Å². The van der Waals surface area contributed by atoms with Crippen molar-refractivity contribution in [2.45, 2.75) is 13.0 Å². The van der Waals surface area contributed by atoms with Gasteiger partial charge < -0.3 is 9.72 Å². The number of benzene rings is 2.